The minimum atomic E-state index is 0.0842. The van der Waals surface area contributed by atoms with Gasteiger partial charge in [-0.25, -0.2) is 0 Å². The number of carbonyl (C=O) groups excluding carboxylic acids is 1. The highest BCUT2D eigenvalue weighted by molar-refractivity contribution is 5.79. The van der Waals surface area contributed by atoms with Crippen molar-refractivity contribution in [3.05, 3.63) is 0 Å². The third-order valence-electron chi connectivity index (χ3n) is 4.45. The van der Waals surface area contributed by atoms with Gasteiger partial charge in [-0.1, -0.05) is 13.8 Å². The number of hydrogen-bond donors (Lipinski definition) is 1. The Balaban J connectivity index is 1.52. The summed E-state index contributed by atoms with van der Waals surface area (Å²) in [6.45, 7) is 8.42. The van der Waals surface area contributed by atoms with Crippen molar-refractivity contribution in [1.82, 2.24) is 10.2 Å². The number of hydrogen-bond acceptors (Lipinski definition) is 3. The summed E-state index contributed by atoms with van der Waals surface area (Å²) >= 11 is 0. The fraction of sp³-hybridized carbons (Fsp3) is 0.933. The lowest BCUT2D eigenvalue weighted by Gasteiger charge is -2.33. The summed E-state index contributed by atoms with van der Waals surface area (Å²) in [4.78, 5) is 14.7. The van der Waals surface area contributed by atoms with E-state index in [1.165, 1.54) is 12.8 Å². The molecular formula is C15H26N2O2. The molecule has 1 amide bonds. The van der Waals surface area contributed by atoms with E-state index in [-0.39, 0.29) is 24.0 Å². The second-order valence-corrected chi connectivity index (χ2v) is 6.94. The molecule has 3 fully saturated rings. The highest BCUT2D eigenvalue weighted by atomic mass is 16.5. The fourth-order valence-electron chi connectivity index (χ4n) is 3.38. The van der Waals surface area contributed by atoms with Crippen LogP contribution in [0.15, 0.2) is 0 Å². The van der Waals surface area contributed by atoms with Crippen LogP contribution in [0.3, 0.4) is 0 Å². The molecule has 3 atom stereocenters. The van der Waals surface area contributed by atoms with Crippen LogP contribution in [-0.4, -0.2) is 49.2 Å². The van der Waals surface area contributed by atoms with Gasteiger partial charge in [0, 0.05) is 26.2 Å². The molecule has 0 aromatic carbocycles. The van der Waals surface area contributed by atoms with E-state index < -0.39 is 0 Å². The Kier molecular flexibility index (Phi) is 3.81. The second kappa shape index (κ2) is 5.41. The van der Waals surface area contributed by atoms with Crippen LogP contribution in [0.2, 0.25) is 0 Å². The van der Waals surface area contributed by atoms with Crippen LogP contribution in [0.1, 0.15) is 33.1 Å². The molecule has 1 saturated carbocycles. The molecule has 1 aliphatic carbocycles. The topological polar surface area (TPSA) is 41.6 Å². The lowest BCUT2D eigenvalue weighted by molar-refractivity contribution is -0.128. The lowest BCUT2D eigenvalue weighted by atomic mass is 9.99. The molecule has 1 N–H and O–H groups in total. The van der Waals surface area contributed by atoms with Crippen LogP contribution < -0.4 is 5.32 Å². The first-order chi connectivity index (χ1) is 9.11. The first-order valence-electron chi connectivity index (χ1n) is 7.77. The number of morpholine rings is 1. The van der Waals surface area contributed by atoms with Crippen molar-refractivity contribution in [2.45, 2.75) is 45.3 Å². The molecule has 4 heteroatoms. The zero-order valence-corrected chi connectivity index (χ0v) is 12.1. The van der Waals surface area contributed by atoms with Crippen LogP contribution in [0.25, 0.3) is 0 Å². The first-order valence-corrected chi connectivity index (χ1v) is 7.77. The Labute approximate surface area is 115 Å². The van der Waals surface area contributed by atoms with E-state index >= 15 is 0 Å². The van der Waals surface area contributed by atoms with Gasteiger partial charge in [0.05, 0.1) is 18.1 Å². The van der Waals surface area contributed by atoms with Crippen LogP contribution in [0, 0.1) is 17.8 Å². The Bertz CT molecular complexity index is 341. The van der Waals surface area contributed by atoms with E-state index in [9.17, 15) is 4.79 Å². The summed E-state index contributed by atoms with van der Waals surface area (Å²) in [7, 11) is 0. The average molecular weight is 266 g/mol. The molecule has 2 saturated heterocycles. The quantitative estimate of drug-likeness (QED) is 0.814. The largest absolute Gasteiger partial charge is 0.371 e. The monoisotopic (exact) mass is 266 g/mol. The van der Waals surface area contributed by atoms with E-state index in [2.05, 4.69) is 24.1 Å². The van der Waals surface area contributed by atoms with Gasteiger partial charge in [-0.15, -0.1) is 0 Å². The molecule has 0 aromatic heterocycles. The van der Waals surface area contributed by atoms with Crippen molar-refractivity contribution in [2.75, 3.05) is 26.2 Å². The maximum Gasteiger partial charge on any atom is 0.225 e. The third kappa shape index (κ3) is 3.29. The van der Waals surface area contributed by atoms with Crippen LogP contribution >= 0.6 is 0 Å². The predicted octanol–water partition coefficient (Wildman–Crippen LogP) is 1.26. The van der Waals surface area contributed by atoms with Gasteiger partial charge in [-0.2, -0.15) is 0 Å². The number of nitrogens with one attached hydrogen (secondary N) is 1. The number of amides is 1. The minimum Gasteiger partial charge on any atom is -0.371 e. The highest BCUT2D eigenvalue weighted by Gasteiger charge is 2.44. The maximum atomic E-state index is 12.2. The Morgan fingerprint density at radius 3 is 2.84 bits per heavy atom. The summed E-state index contributed by atoms with van der Waals surface area (Å²) in [6, 6.07) is 0. The van der Waals surface area contributed by atoms with Crippen LogP contribution in [0.5, 0.6) is 0 Å². The van der Waals surface area contributed by atoms with Gasteiger partial charge in [0.25, 0.3) is 0 Å². The number of nitrogens with zero attached hydrogens (tertiary/aromatic N) is 1. The lowest BCUT2D eigenvalue weighted by Crippen LogP contribution is -2.46. The molecular weight excluding hydrogens is 240 g/mol. The molecule has 19 heavy (non-hydrogen) atoms. The van der Waals surface area contributed by atoms with Crippen molar-refractivity contribution in [3.63, 3.8) is 0 Å². The van der Waals surface area contributed by atoms with Crippen LogP contribution in [0.4, 0.5) is 0 Å². The van der Waals surface area contributed by atoms with Crippen LogP contribution in [-0.2, 0) is 9.53 Å². The van der Waals surface area contributed by atoms with Crippen molar-refractivity contribution in [2.24, 2.45) is 17.8 Å². The van der Waals surface area contributed by atoms with Gasteiger partial charge in [-0.3, -0.25) is 9.69 Å². The van der Waals surface area contributed by atoms with Crippen molar-refractivity contribution in [3.8, 4) is 0 Å². The summed E-state index contributed by atoms with van der Waals surface area (Å²) in [6.07, 6.45) is 3.88. The number of carbonyl (C=O) groups is 1. The molecule has 2 bridgehead atoms. The van der Waals surface area contributed by atoms with Gasteiger partial charge >= 0.3 is 0 Å². The van der Waals surface area contributed by atoms with Crippen molar-refractivity contribution < 1.29 is 9.53 Å². The molecule has 3 rings (SSSR count). The van der Waals surface area contributed by atoms with Gasteiger partial charge in [0.15, 0.2) is 0 Å². The summed E-state index contributed by atoms with van der Waals surface area (Å²) in [5.41, 5.74) is 0. The highest BCUT2D eigenvalue weighted by Crippen LogP contribution is 2.33. The van der Waals surface area contributed by atoms with E-state index in [0.717, 1.165) is 38.5 Å². The predicted molar refractivity (Wildman–Crippen MR) is 73.8 cm³/mol. The summed E-state index contributed by atoms with van der Waals surface area (Å²) in [5.74, 6) is 1.74. The van der Waals surface area contributed by atoms with Gasteiger partial charge in [0.1, 0.15) is 0 Å². The fourth-order valence-corrected chi connectivity index (χ4v) is 3.38. The summed E-state index contributed by atoms with van der Waals surface area (Å²) < 4.78 is 5.96. The van der Waals surface area contributed by atoms with E-state index in [1.807, 2.05) is 0 Å². The number of ether oxygens (including phenoxy) is 1. The second-order valence-electron chi connectivity index (χ2n) is 6.94. The Morgan fingerprint density at radius 1 is 1.37 bits per heavy atom. The van der Waals surface area contributed by atoms with Gasteiger partial charge < -0.3 is 10.1 Å². The van der Waals surface area contributed by atoms with E-state index in [1.54, 1.807) is 0 Å². The molecule has 2 aliphatic heterocycles. The van der Waals surface area contributed by atoms with Crippen molar-refractivity contribution >= 4 is 5.91 Å². The molecule has 3 unspecified atom stereocenters. The SMILES string of the molecule is CC(C)CN1CC2CC(C(=O)NCC3CC3)C(C1)O2. The average Bonchev–Trinajstić information content (AvgIpc) is 3.11. The molecule has 108 valence electrons. The normalized spacial score (nSPS) is 34.8. The number of rotatable bonds is 5. The third-order valence-corrected chi connectivity index (χ3v) is 4.45. The van der Waals surface area contributed by atoms with E-state index in [4.69, 9.17) is 4.74 Å². The number of likely N-dealkylation sites (tertiary alicyclic amines) is 1. The van der Waals surface area contributed by atoms with E-state index in [0.29, 0.717) is 5.92 Å². The Morgan fingerprint density at radius 2 is 2.16 bits per heavy atom. The molecule has 3 aliphatic rings. The van der Waals surface area contributed by atoms with Crippen molar-refractivity contribution in [1.29, 1.82) is 0 Å². The summed E-state index contributed by atoms with van der Waals surface area (Å²) in [5, 5.41) is 3.12. The zero-order valence-electron chi connectivity index (χ0n) is 12.1. The molecule has 0 aromatic rings. The Hall–Kier alpha value is -0.610. The standard InChI is InChI=1S/C15H26N2O2/c1-10(2)7-17-8-12-5-13(14(9-17)19-12)15(18)16-6-11-3-4-11/h10-14H,3-9H2,1-2H3,(H,16,18). The molecule has 2 heterocycles. The smallest absolute Gasteiger partial charge is 0.225 e. The minimum absolute atomic E-state index is 0.0842. The zero-order chi connectivity index (χ0) is 13.4. The maximum absolute atomic E-state index is 12.2. The van der Waals surface area contributed by atoms with Gasteiger partial charge in [0.2, 0.25) is 5.91 Å². The molecule has 0 radical (unpaired) electrons. The van der Waals surface area contributed by atoms with Gasteiger partial charge in [-0.05, 0) is 31.1 Å². The molecule has 4 nitrogen and oxygen atoms in total. The number of fused-ring (bicyclic) bond motifs is 2. The molecule has 0 spiro atoms. The first kappa shape index (κ1) is 13.4.